The van der Waals surface area contributed by atoms with Gasteiger partial charge in [0.25, 0.3) is 0 Å². The van der Waals surface area contributed by atoms with E-state index in [1.165, 1.54) is 0 Å². The quantitative estimate of drug-likeness (QED) is 0.173. The summed E-state index contributed by atoms with van der Waals surface area (Å²) in [5.74, 6) is 0. The lowest BCUT2D eigenvalue weighted by atomic mass is 9.98. The zero-order chi connectivity index (χ0) is 31.9. The lowest BCUT2D eigenvalue weighted by Gasteiger charge is -2.28. The number of rotatable bonds is 6. The van der Waals surface area contributed by atoms with E-state index in [0.717, 1.165) is 81.4 Å². The van der Waals surface area contributed by atoms with Crippen molar-refractivity contribution in [1.82, 2.24) is 4.57 Å². The third-order valence-corrected chi connectivity index (χ3v) is 9.65. The number of hydrogen-bond donors (Lipinski definition) is 1. The van der Waals surface area contributed by atoms with Crippen LogP contribution in [0.1, 0.15) is 0 Å². The van der Waals surface area contributed by atoms with Gasteiger partial charge in [0.1, 0.15) is 0 Å². The van der Waals surface area contributed by atoms with Crippen LogP contribution in [0.3, 0.4) is 0 Å². The Hall–Kier alpha value is -5.10. The number of anilines is 4. The normalized spacial score (nSPS) is 11.3. The molecule has 226 valence electrons. The van der Waals surface area contributed by atoms with Gasteiger partial charge in [-0.25, -0.2) is 0 Å². The summed E-state index contributed by atoms with van der Waals surface area (Å²) in [6, 6.07) is 57.7. The van der Waals surface area contributed by atoms with Gasteiger partial charge in [0.2, 0.25) is 0 Å². The van der Waals surface area contributed by atoms with Gasteiger partial charge in [-0.1, -0.05) is 111 Å². The lowest BCUT2D eigenvalue weighted by Crippen LogP contribution is -2.11. The smallest absolute Gasteiger partial charge is 0.0621 e. The molecule has 0 fully saturated rings. The second kappa shape index (κ2) is 12.3. The average molecular weight is 736 g/mol. The molecular weight excluding hydrogens is 706 g/mol. The summed E-state index contributed by atoms with van der Waals surface area (Å²) in [5.41, 5.74) is 18.4. The van der Waals surface area contributed by atoms with Gasteiger partial charge in [-0.3, -0.25) is 0 Å². The summed E-state index contributed by atoms with van der Waals surface area (Å²) in [6.07, 6.45) is 0. The molecule has 8 rings (SSSR count). The van der Waals surface area contributed by atoms with E-state index < -0.39 is 0 Å². The van der Waals surface area contributed by atoms with E-state index in [2.05, 4.69) is 205 Å². The van der Waals surface area contributed by atoms with Crippen LogP contribution in [0, 0.1) is 0 Å². The van der Waals surface area contributed by atoms with Crippen molar-refractivity contribution >= 4 is 76.4 Å². The van der Waals surface area contributed by atoms with Gasteiger partial charge in [-0.2, -0.15) is 0 Å². The van der Waals surface area contributed by atoms with Crippen molar-refractivity contribution in [2.24, 2.45) is 0 Å². The van der Waals surface area contributed by atoms with E-state index in [9.17, 15) is 0 Å². The van der Waals surface area contributed by atoms with E-state index in [1.807, 2.05) is 0 Å². The van der Waals surface area contributed by atoms with E-state index in [1.54, 1.807) is 0 Å². The van der Waals surface area contributed by atoms with Crippen molar-refractivity contribution in [3.05, 3.63) is 173 Å². The van der Waals surface area contributed by atoms with Gasteiger partial charge in [-0.15, -0.1) is 0 Å². The predicted molar refractivity (Wildman–Crippen MR) is 206 cm³/mol. The second-order valence-electron chi connectivity index (χ2n) is 11.5. The molecular formula is C42H29Br2N3. The van der Waals surface area contributed by atoms with Crippen molar-refractivity contribution in [3.63, 3.8) is 0 Å². The highest BCUT2D eigenvalue weighted by Crippen LogP contribution is 2.47. The van der Waals surface area contributed by atoms with Crippen molar-refractivity contribution in [1.29, 1.82) is 0 Å². The number of nitrogens with two attached hydrogens (primary N) is 1. The molecule has 8 aromatic rings. The van der Waals surface area contributed by atoms with Crippen LogP contribution in [0.2, 0.25) is 0 Å². The zero-order valence-electron chi connectivity index (χ0n) is 25.3. The molecule has 0 amide bonds. The minimum absolute atomic E-state index is 0.731. The number of halogens is 2. The van der Waals surface area contributed by atoms with Crippen molar-refractivity contribution in [2.45, 2.75) is 0 Å². The Balaban J connectivity index is 1.54. The van der Waals surface area contributed by atoms with Gasteiger partial charge in [-0.05, 0) is 96.1 Å². The summed E-state index contributed by atoms with van der Waals surface area (Å²) in [7, 11) is 0. The minimum Gasteiger partial charge on any atom is -0.399 e. The van der Waals surface area contributed by atoms with E-state index in [0.29, 0.717) is 0 Å². The van der Waals surface area contributed by atoms with Gasteiger partial charge in [0.15, 0.2) is 0 Å². The maximum absolute atomic E-state index is 6.70. The number of nitrogens with zero attached hydrogens (tertiary/aromatic N) is 2. The van der Waals surface area contributed by atoms with Crippen LogP contribution < -0.4 is 10.6 Å². The topological polar surface area (TPSA) is 34.2 Å². The minimum atomic E-state index is 0.731. The van der Waals surface area contributed by atoms with Crippen LogP contribution in [0.5, 0.6) is 0 Å². The zero-order valence-corrected chi connectivity index (χ0v) is 28.5. The van der Waals surface area contributed by atoms with Gasteiger partial charge in [0, 0.05) is 53.6 Å². The first-order chi connectivity index (χ1) is 23.0. The fourth-order valence-electron chi connectivity index (χ4n) is 6.53. The standard InChI is InChI=1S/C42H29Br2N3/c43-30-16-20-34(21-17-30)46(35-22-18-31(44)19-23-35)40-27-38-39-25-32(45)24-37(29-12-6-2-7-13-29)42(39)47(33-14-8-3-9-15-33)41(38)26-36(40)28-10-4-1-5-11-28/h1-27H,45H2. The van der Waals surface area contributed by atoms with Crippen molar-refractivity contribution in [2.75, 3.05) is 10.6 Å². The maximum Gasteiger partial charge on any atom is 0.0621 e. The Morgan fingerprint density at radius 1 is 0.489 bits per heavy atom. The molecule has 0 spiro atoms. The molecule has 1 aromatic heterocycles. The maximum atomic E-state index is 6.70. The molecule has 3 nitrogen and oxygen atoms in total. The number of nitrogen functional groups attached to an aromatic ring is 1. The molecule has 47 heavy (non-hydrogen) atoms. The number of hydrogen-bond acceptors (Lipinski definition) is 2. The van der Waals surface area contributed by atoms with Crippen LogP contribution >= 0.6 is 31.9 Å². The van der Waals surface area contributed by atoms with Crippen LogP contribution in [-0.2, 0) is 0 Å². The third-order valence-electron chi connectivity index (χ3n) is 8.60. The van der Waals surface area contributed by atoms with Crippen LogP contribution in [0.25, 0.3) is 49.7 Å². The number of para-hydroxylation sites is 1. The highest BCUT2D eigenvalue weighted by atomic mass is 79.9. The Labute approximate surface area is 290 Å². The predicted octanol–water partition coefficient (Wildman–Crippen LogP) is 12.7. The van der Waals surface area contributed by atoms with Crippen LogP contribution in [0.4, 0.5) is 22.7 Å². The largest absolute Gasteiger partial charge is 0.399 e. The number of fused-ring (bicyclic) bond motifs is 3. The molecule has 0 saturated carbocycles. The monoisotopic (exact) mass is 733 g/mol. The molecule has 2 N–H and O–H groups in total. The SMILES string of the molecule is Nc1cc(-c2ccccc2)c2c(c1)c1cc(N(c3ccc(Br)cc3)c3ccc(Br)cc3)c(-c3ccccc3)cc1n2-c1ccccc1. The van der Waals surface area contributed by atoms with Crippen LogP contribution in [-0.4, -0.2) is 4.57 Å². The molecule has 0 saturated heterocycles. The average Bonchev–Trinajstić information content (AvgIpc) is 3.43. The van der Waals surface area contributed by atoms with Crippen LogP contribution in [0.15, 0.2) is 173 Å². The molecule has 0 aliphatic heterocycles. The van der Waals surface area contributed by atoms with Crippen molar-refractivity contribution < 1.29 is 0 Å². The van der Waals surface area contributed by atoms with E-state index in [-0.39, 0.29) is 0 Å². The Kier molecular flexibility index (Phi) is 7.64. The lowest BCUT2D eigenvalue weighted by molar-refractivity contribution is 1.18. The molecule has 0 unspecified atom stereocenters. The van der Waals surface area contributed by atoms with E-state index in [4.69, 9.17) is 5.73 Å². The highest BCUT2D eigenvalue weighted by Gasteiger charge is 2.23. The Morgan fingerprint density at radius 3 is 1.55 bits per heavy atom. The Bertz CT molecular complexity index is 2300. The summed E-state index contributed by atoms with van der Waals surface area (Å²) < 4.78 is 4.46. The number of benzene rings is 7. The first-order valence-electron chi connectivity index (χ1n) is 15.4. The number of aromatic nitrogens is 1. The third kappa shape index (κ3) is 5.42. The van der Waals surface area contributed by atoms with Crippen molar-refractivity contribution in [3.8, 4) is 27.9 Å². The molecule has 0 aliphatic rings. The van der Waals surface area contributed by atoms with Gasteiger partial charge >= 0.3 is 0 Å². The first kappa shape index (κ1) is 29.3. The molecule has 0 bridgehead atoms. The molecule has 1 heterocycles. The first-order valence-corrected chi connectivity index (χ1v) is 17.0. The summed E-state index contributed by atoms with van der Waals surface area (Å²) >= 11 is 7.29. The molecule has 0 aliphatic carbocycles. The fourth-order valence-corrected chi connectivity index (χ4v) is 7.05. The fraction of sp³-hybridized carbons (Fsp3) is 0. The summed E-state index contributed by atoms with van der Waals surface area (Å²) in [5, 5.41) is 2.23. The Morgan fingerprint density at radius 2 is 1.00 bits per heavy atom. The summed E-state index contributed by atoms with van der Waals surface area (Å²) in [6.45, 7) is 0. The van der Waals surface area contributed by atoms with Gasteiger partial charge < -0.3 is 15.2 Å². The molecule has 7 aromatic carbocycles. The molecule has 0 atom stereocenters. The molecule has 5 heteroatoms. The second-order valence-corrected chi connectivity index (χ2v) is 13.4. The van der Waals surface area contributed by atoms with Gasteiger partial charge in [0.05, 0.1) is 16.7 Å². The van der Waals surface area contributed by atoms with E-state index >= 15 is 0 Å². The molecule has 0 radical (unpaired) electrons. The highest BCUT2D eigenvalue weighted by molar-refractivity contribution is 9.10. The summed E-state index contributed by atoms with van der Waals surface area (Å²) in [4.78, 5) is 2.34.